The lowest BCUT2D eigenvalue weighted by molar-refractivity contribution is -0.127. The standard InChI is InChI=1S/C8H13BrO2/c1-2-8(11)7(6-10)4-3-5-9/h6-7H,2-5H2,1H3. The fraction of sp³-hybridized carbons (Fsp3) is 0.750. The molecule has 0 rings (SSSR count). The van der Waals surface area contributed by atoms with Crippen LogP contribution in [0.5, 0.6) is 0 Å². The first kappa shape index (κ1) is 10.8. The summed E-state index contributed by atoms with van der Waals surface area (Å²) >= 11 is 3.25. The van der Waals surface area contributed by atoms with Crippen LogP contribution in [0.2, 0.25) is 0 Å². The third-order valence-corrected chi connectivity index (χ3v) is 2.14. The molecule has 0 bridgehead atoms. The molecular weight excluding hydrogens is 208 g/mol. The van der Waals surface area contributed by atoms with Crippen molar-refractivity contribution in [2.45, 2.75) is 26.2 Å². The number of halogens is 1. The van der Waals surface area contributed by atoms with Gasteiger partial charge in [-0.1, -0.05) is 22.9 Å². The number of alkyl halides is 1. The Morgan fingerprint density at radius 2 is 2.27 bits per heavy atom. The molecule has 11 heavy (non-hydrogen) atoms. The first-order valence-corrected chi connectivity index (χ1v) is 4.92. The van der Waals surface area contributed by atoms with Crippen LogP contribution in [0.3, 0.4) is 0 Å². The van der Waals surface area contributed by atoms with E-state index in [-0.39, 0.29) is 11.7 Å². The molecule has 0 aromatic rings. The minimum Gasteiger partial charge on any atom is -0.303 e. The van der Waals surface area contributed by atoms with E-state index in [9.17, 15) is 9.59 Å². The molecule has 3 heteroatoms. The molecule has 2 nitrogen and oxygen atoms in total. The molecule has 64 valence electrons. The van der Waals surface area contributed by atoms with Crippen LogP contribution in [0.15, 0.2) is 0 Å². The molecule has 0 aromatic heterocycles. The van der Waals surface area contributed by atoms with Crippen molar-refractivity contribution in [3.63, 3.8) is 0 Å². The van der Waals surface area contributed by atoms with Crippen LogP contribution < -0.4 is 0 Å². The highest BCUT2D eigenvalue weighted by Gasteiger charge is 2.13. The average molecular weight is 221 g/mol. The van der Waals surface area contributed by atoms with Crippen molar-refractivity contribution >= 4 is 28.0 Å². The van der Waals surface area contributed by atoms with Crippen LogP contribution in [-0.2, 0) is 9.59 Å². The smallest absolute Gasteiger partial charge is 0.142 e. The lowest BCUT2D eigenvalue weighted by atomic mass is 9.99. The van der Waals surface area contributed by atoms with E-state index in [4.69, 9.17) is 0 Å². The largest absolute Gasteiger partial charge is 0.303 e. The van der Waals surface area contributed by atoms with Gasteiger partial charge in [-0.25, -0.2) is 0 Å². The van der Waals surface area contributed by atoms with Gasteiger partial charge in [0.2, 0.25) is 0 Å². The van der Waals surface area contributed by atoms with Crippen molar-refractivity contribution in [2.75, 3.05) is 5.33 Å². The predicted octanol–water partition coefficient (Wildman–Crippen LogP) is 1.96. The van der Waals surface area contributed by atoms with Crippen molar-refractivity contribution in [2.24, 2.45) is 5.92 Å². The highest BCUT2D eigenvalue weighted by Crippen LogP contribution is 2.08. The van der Waals surface area contributed by atoms with Gasteiger partial charge in [0.25, 0.3) is 0 Å². The quantitative estimate of drug-likeness (QED) is 0.390. The Balaban J connectivity index is 3.74. The third-order valence-electron chi connectivity index (χ3n) is 1.58. The lowest BCUT2D eigenvalue weighted by Gasteiger charge is -2.04. The molecule has 0 aliphatic heterocycles. The van der Waals surface area contributed by atoms with Crippen molar-refractivity contribution < 1.29 is 9.59 Å². The zero-order chi connectivity index (χ0) is 8.69. The maximum absolute atomic E-state index is 11.0. The summed E-state index contributed by atoms with van der Waals surface area (Å²) in [5, 5.41) is 0.855. The number of aldehydes is 1. The summed E-state index contributed by atoms with van der Waals surface area (Å²) in [4.78, 5) is 21.4. The summed E-state index contributed by atoms with van der Waals surface area (Å²) < 4.78 is 0. The van der Waals surface area contributed by atoms with Gasteiger partial charge in [0.05, 0.1) is 5.92 Å². The Hall–Kier alpha value is -0.180. The van der Waals surface area contributed by atoms with E-state index in [0.717, 1.165) is 18.0 Å². The lowest BCUT2D eigenvalue weighted by Crippen LogP contribution is -2.14. The molecule has 0 N–H and O–H groups in total. The van der Waals surface area contributed by atoms with Crippen LogP contribution in [-0.4, -0.2) is 17.4 Å². The van der Waals surface area contributed by atoms with Gasteiger partial charge in [0.15, 0.2) is 0 Å². The summed E-state index contributed by atoms with van der Waals surface area (Å²) in [6, 6.07) is 0. The Morgan fingerprint density at radius 1 is 1.64 bits per heavy atom. The molecule has 0 heterocycles. The molecule has 0 saturated carbocycles. The van der Waals surface area contributed by atoms with Crippen LogP contribution in [0, 0.1) is 5.92 Å². The maximum Gasteiger partial charge on any atom is 0.142 e. The Kier molecular flexibility index (Phi) is 6.42. The highest BCUT2D eigenvalue weighted by molar-refractivity contribution is 9.09. The molecule has 0 radical (unpaired) electrons. The van der Waals surface area contributed by atoms with Gasteiger partial charge >= 0.3 is 0 Å². The zero-order valence-corrected chi connectivity index (χ0v) is 8.26. The number of hydrogen-bond donors (Lipinski definition) is 0. The molecule has 0 aromatic carbocycles. The molecule has 0 fully saturated rings. The van der Waals surface area contributed by atoms with Gasteiger partial charge in [-0.15, -0.1) is 0 Å². The maximum atomic E-state index is 11.0. The van der Waals surface area contributed by atoms with E-state index in [0.29, 0.717) is 12.8 Å². The number of hydrogen-bond acceptors (Lipinski definition) is 2. The Bertz CT molecular complexity index is 134. The van der Waals surface area contributed by atoms with Crippen LogP contribution in [0.25, 0.3) is 0 Å². The number of rotatable bonds is 6. The molecule has 0 spiro atoms. The van der Waals surface area contributed by atoms with E-state index >= 15 is 0 Å². The summed E-state index contributed by atoms with van der Waals surface area (Å²) in [6.45, 7) is 1.78. The van der Waals surface area contributed by atoms with Crippen molar-refractivity contribution in [1.82, 2.24) is 0 Å². The van der Waals surface area contributed by atoms with Crippen LogP contribution in [0.1, 0.15) is 26.2 Å². The minimum absolute atomic E-state index is 0.0564. The fourth-order valence-corrected chi connectivity index (χ4v) is 1.19. The van der Waals surface area contributed by atoms with Crippen molar-refractivity contribution in [3.05, 3.63) is 0 Å². The summed E-state index contributed by atoms with van der Waals surface area (Å²) in [6.07, 6.45) is 2.79. The normalized spacial score (nSPS) is 12.5. The second-order valence-corrected chi connectivity index (χ2v) is 3.19. The Morgan fingerprint density at radius 3 is 2.64 bits per heavy atom. The van der Waals surface area contributed by atoms with E-state index in [2.05, 4.69) is 15.9 Å². The molecular formula is C8H13BrO2. The molecule has 0 saturated heterocycles. The molecule has 1 atom stereocenters. The number of Topliss-reactive ketones (excluding diaryl/α,β-unsaturated/α-hetero) is 1. The van der Waals surface area contributed by atoms with Crippen molar-refractivity contribution in [3.8, 4) is 0 Å². The Labute approximate surface area is 75.5 Å². The van der Waals surface area contributed by atoms with E-state index in [1.807, 2.05) is 0 Å². The van der Waals surface area contributed by atoms with E-state index < -0.39 is 0 Å². The number of ketones is 1. The van der Waals surface area contributed by atoms with Crippen LogP contribution >= 0.6 is 15.9 Å². The third kappa shape index (κ3) is 4.30. The number of carbonyl (C=O) groups excluding carboxylic acids is 2. The average Bonchev–Trinajstić information content (AvgIpc) is 2.05. The zero-order valence-electron chi connectivity index (χ0n) is 6.68. The van der Waals surface area contributed by atoms with Gasteiger partial charge in [0.1, 0.15) is 12.1 Å². The van der Waals surface area contributed by atoms with Gasteiger partial charge in [-0.2, -0.15) is 0 Å². The molecule has 0 amide bonds. The SMILES string of the molecule is CCC(=O)C(C=O)CCCBr. The second kappa shape index (κ2) is 6.53. The summed E-state index contributed by atoms with van der Waals surface area (Å²) in [7, 11) is 0. The first-order valence-electron chi connectivity index (χ1n) is 3.80. The van der Waals surface area contributed by atoms with Gasteiger partial charge < -0.3 is 4.79 Å². The van der Waals surface area contributed by atoms with Crippen LogP contribution in [0.4, 0.5) is 0 Å². The van der Waals surface area contributed by atoms with Gasteiger partial charge in [0, 0.05) is 11.8 Å². The summed E-state index contributed by atoms with van der Waals surface area (Å²) in [5.74, 6) is -0.307. The van der Waals surface area contributed by atoms with E-state index in [1.54, 1.807) is 6.92 Å². The first-order chi connectivity index (χ1) is 5.26. The summed E-state index contributed by atoms with van der Waals surface area (Å²) in [5.41, 5.74) is 0. The predicted molar refractivity (Wildman–Crippen MR) is 47.9 cm³/mol. The van der Waals surface area contributed by atoms with Gasteiger partial charge in [-0.3, -0.25) is 4.79 Å². The van der Waals surface area contributed by atoms with E-state index in [1.165, 1.54) is 0 Å². The molecule has 0 aliphatic carbocycles. The topological polar surface area (TPSA) is 34.1 Å². The molecule has 1 unspecified atom stereocenters. The minimum atomic E-state index is -0.363. The monoisotopic (exact) mass is 220 g/mol. The molecule has 0 aliphatic rings. The fourth-order valence-electron chi connectivity index (χ4n) is 0.864. The van der Waals surface area contributed by atoms with Gasteiger partial charge in [-0.05, 0) is 12.8 Å². The van der Waals surface area contributed by atoms with Crippen molar-refractivity contribution in [1.29, 1.82) is 0 Å². The highest BCUT2D eigenvalue weighted by atomic mass is 79.9. The number of carbonyl (C=O) groups is 2. The second-order valence-electron chi connectivity index (χ2n) is 2.39.